The summed E-state index contributed by atoms with van der Waals surface area (Å²) in [5, 5.41) is 11.9. The van der Waals surface area contributed by atoms with E-state index < -0.39 is 0 Å². The van der Waals surface area contributed by atoms with Gasteiger partial charge in [-0.1, -0.05) is 42.1 Å². The van der Waals surface area contributed by atoms with Gasteiger partial charge in [0.15, 0.2) is 17.1 Å². The molecule has 0 fully saturated rings. The Morgan fingerprint density at radius 2 is 1.86 bits per heavy atom. The number of thioether (sulfide) groups is 1. The van der Waals surface area contributed by atoms with E-state index in [4.69, 9.17) is 9.47 Å². The third kappa shape index (κ3) is 4.83. The van der Waals surface area contributed by atoms with E-state index >= 15 is 0 Å². The molecule has 0 saturated heterocycles. The SMILES string of the molecule is COc1ccccc1NC(=O)CSc1nnc([C@@H](C)Oc2ccccc2)n1C. The lowest BCUT2D eigenvalue weighted by Crippen LogP contribution is -2.15. The highest BCUT2D eigenvalue weighted by atomic mass is 32.2. The van der Waals surface area contributed by atoms with Crippen LogP contribution in [0.1, 0.15) is 18.9 Å². The predicted molar refractivity (Wildman–Crippen MR) is 109 cm³/mol. The third-order valence-corrected chi connectivity index (χ3v) is 5.02. The molecule has 0 radical (unpaired) electrons. The molecular weight excluding hydrogens is 376 g/mol. The zero-order valence-electron chi connectivity index (χ0n) is 16.0. The van der Waals surface area contributed by atoms with Gasteiger partial charge in [-0.25, -0.2) is 0 Å². The summed E-state index contributed by atoms with van der Waals surface area (Å²) in [6.07, 6.45) is -0.267. The van der Waals surface area contributed by atoms with E-state index in [1.165, 1.54) is 11.8 Å². The van der Waals surface area contributed by atoms with Crippen molar-refractivity contribution >= 4 is 23.4 Å². The summed E-state index contributed by atoms with van der Waals surface area (Å²) in [5.74, 6) is 2.14. The summed E-state index contributed by atoms with van der Waals surface area (Å²) in [6.45, 7) is 1.92. The molecule has 7 nitrogen and oxygen atoms in total. The number of nitrogens with one attached hydrogen (secondary N) is 1. The number of rotatable bonds is 8. The molecule has 1 heterocycles. The van der Waals surface area contributed by atoms with Crippen LogP contribution in [0.2, 0.25) is 0 Å². The fourth-order valence-corrected chi connectivity index (χ4v) is 3.34. The van der Waals surface area contributed by atoms with Crippen molar-refractivity contribution in [3.63, 3.8) is 0 Å². The molecule has 0 saturated carbocycles. The Kier molecular flexibility index (Phi) is 6.54. The van der Waals surface area contributed by atoms with Crippen molar-refractivity contribution in [2.75, 3.05) is 18.2 Å². The maximum atomic E-state index is 12.3. The molecular formula is C20H22N4O3S. The van der Waals surface area contributed by atoms with Gasteiger partial charge in [0.1, 0.15) is 11.5 Å². The smallest absolute Gasteiger partial charge is 0.234 e. The minimum Gasteiger partial charge on any atom is -0.495 e. The van der Waals surface area contributed by atoms with E-state index in [9.17, 15) is 4.79 Å². The fraction of sp³-hybridized carbons (Fsp3) is 0.250. The monoisotopic (exact) mass is 398 g/mol. The van der Waals surface area contributed by atoms with Crippen molar-refractivity contribution in [1.82, 2.24) is 14.8 Å². The summed E-state index contributed by atoms with van der Waals surface area (Å²) < 4.78 is 13.0. The first-order chi connectivity index (χ1) is 13.6. The average molecular weight is 398 g/mol. The summed E-state index contributed by atoms with van der Waals surface area (Å²) in [4.78, 5) is 12.3. The highest BCUT2D eigenvalue weighted by Crippen LogP contribution is 2.25. The van der Waals surface area contributed by atoms with Crippen LogP contribution in [0.15, 0.2) is 59.8 Å². The molecule has 0 unspecified atom stereocenters. The van der Waals surface area contributed by atoms with E-state index in [1.807, 2.05) is 61.0 Å². The van der Waals surface area contributed by atoms with E-state index in [-0.39, 0.29) is 17.8 Å². The van der Waals surface area contributed by atoms with Crippen molar-refractivity contribution in [1.29, 1.82) is 0 Å². The van der Waals surface area contributed by atoms with Gasteiger partial charge < -0.3 is 19.4 Å². The predicted octanol–water partition coefficient (Wildman–Crippen LogP) is 3.69. The van der Waals surface area contributed by atoms with Crippen molar-refractivity contribution < 1.29 is 14.3 Å². The van der Waals surface area contributed by atoms with Gasteiger partial charge >= 0.3 is 0 Å². The molecule has 1 aromatic heterocycles. The lowest BCUT2D eigenvalue weighted by Gasteiger charge is -2.14. The average Bonchev–Trinajstić information content (AvgIpc) is 3.08. The Morgan fingerprint density at radius 1 is 1.14 bits per heavy atom. The standard InChI is InChI=1S/C20H22N4O3S/c1-14(27-15-9-5-4-6-10-15)19-22-23-20(24(19)2)28-13-18(25)21-16-11-7-8-12-17(16)26-3/h4-12,14H,13H2,1-3H3,(H,21,25)/t14-/m1/s1. The second-order valence-corrected chi connectivity index (χ2v) is 6.95. The van der Waals surface area contributed by atoms with E-state index in [1.54, 1.807) is 19.2 Å². The zero-order chi connectivity index (χ0) is 19.9. The van der Waals surface area contributed by atoms with Crippen LogP contribution in [-0.4, -0.2) is 33.5 Å². The largest absolute Gasteiger partial charge is 0.495 e. The molecule has 1 amide bonds. The molecule has 0 spiro atoms. The molecule has 0 aliphatic carbocycles. The second kappa shape index (κ2) is 9.27. The number of anilines is 1. The van der Waals surface area contributed by atoms with Crippen LogP contribution >= 0.6 is 11.8 Å². The normalized spacial score (nSPS) is 11.7. The minimum atomic E-state index is -0.267. The van der Waals surface area contributed by atoms with E-state index in [0.717, 1.165) is 5.75 Å². The third-order valence-electron chi connectivity index (χ3n) is 4.00. The number of ether oxygens (including phenoxy) is 2. The van der Waals surface area contributed by atoms with E-state index in [0.29, 0.717) is 22.4 Å². The molecule has 1 N–H and O–H groups in total. The molecule has 8 heteroatoms. The van der Waals surface area contributed by atoms with Crippen LogP contribution in [-0.2, 0) is 11.8 Å². The van der Waals surface area contributed by atoms with Crippen LogP contribution in [0.3, 0.4) is 0 Å². The first kappa shape index (κ1) is 19.8. The van der Waals surface area contributed by atoms with Crippen LogP contribution in [0.5, 0.6) is 11.5 Å². The molecule has 3 aromatic rings. The number of nitrogens with zero attached hydrogens (tertiary/aromatic N) is 3. The van der Waals surface area contributed by atoms with Crippen LogP contribution in [0.25, 0.3) is 0 Å². The van der Waals surface area contributed by atoms with Crippen molar-refractivity contribution in [2.24, 2.45) is 7.05 Å². The Bertz CT molecular complexity index is 930. The Balaban J connectivity index is 1.59. The number of hydrogen-bond acceptors (Lipinski definition) is 6. The number of para-hydroxylation sites is 3. The van der Waals surface area contributed by atoms with Crippen LogP contribution in [0.4, 0.5) is 5.69 Å². The lowest BCUT2D eigenvalue weighted by atomic mass is 10.3. The number of hydrogen-bond donors (Lipinski definition) is 1. The maximum absolute atomic E-state index is 12.3. The van der Waals surface area contributed by atoms with Crippen molar-refractivity contribution in [3.8, 4) is 11.5 Å². The van der Waals surface area contributed by atoms with Gasteiger partial charge in [0, 0.05) is 7.05 Å². The number of amides is 1. The molecule has 0 bridgehead atoms. The molecule has 0 aliphatic rings. The van der Waals surface area contributed by atoms with Gasteiger partial charge in [-0.05, 0) is 31.2 Å². The fourth-order valence-electron chi connectivity index (χ4n) is 2.63. The van der Waals surface area contributed by atoms with Gasteiger partial charge in [0.25, 0.3) is 0 Å². The molecule has 2 aromatic carbocycles. The van der Waals surface area contributed by atoms with Crippen molar-refractivity contribution in [2.45, 2.75) is 18.2 Å². The minimum absolute atomic E-state index is 0.146. The van der Waals surface area contributed by atoms with Crippen LogP contribution < -0.4 is 14.8 Å². The van der Waals surface area contributed by atoms with E-state index in [2.05, 4.69) is 15.5 Å². The number of carbonyl (C=O) groups is 1. The van der Waals surface area contributed by atoms with Gasteiger partial charge in [0.05, 0.1) is 18.6 Å². The number of aromatic nitrogens is 3. The number of benzene rings is 2. The quantitative estimate of drug-likeness (QED) is 0.583. The zero-order valence-corrected chi connectivity index (χ0v) is 16.8. The summed E-state index contributed by atoms with van der Waals surface area (Å²) >= 11 is 1.31. The summed E-state index contributed by atoms with van der Waals surface area (Å²) in [7, 11) is 3.43. The van der Waals surface area contributed by atoms with Gasteiger partial charge in [-0.15, -0.1) is 10.2 Å². The number of carbonyl (C=O) groups excluding carboxylic acids is 1. The Morgan fingerprint density at radius 3 is 2.61 bits per heavy atom. The first-order valence-electron chi connectivity index (χ1n) is 8.75. The van der Waals surface area contributed by atoms with Crippen molar-refractivity contribution in [3.05, 3.63) is 60.4 Å². The lowest BCUT2D eigenvalue weighted by molar-refractivity contribution is -0.113. The summed E-state index contributed by atoms with van der Waals surface area (Å²) in [6, 6.07) is 16.8. The molecule has 0 aliphatic heterocycles. The Labute approximate surface area is 168 Å². The summed E-state index contributed by atoms with van der Waals surface area (Å²) in [5.41, 5.74) is 0.638. The molecule has 28 heavy (non-hydrogen) atoms. The molecule has 1 atom stereocenters. The van der Waals surface area contributed by atoms with Gasteiger partial charge in [0.2, 0.25) is 5.91 Å². The maximum Gasteiger partial charge on any atom is 0.234 e. The second-order valence-electron chi connectivity index (χ2n) is 6.01. The number of methoxy groups -OCH3 is 1. The molecule has 3 rings (SSSR count). The van der Waals surface area contributed by atoms with Gasteiger partial charge in [-0.2, -0.15) is 0 Å². The first-order valence-corrected chi connectivity index (χ1v) is 9.73. The topological polar surface area (TPSA) is 78.3 Å². The Hall–Kier alpha value is -3.00. The highest BCUT2D eigenvalue weighted by Gasteiger charge is 2.18. The molecule has 146 valence electrons. The van der Waals surface area contributed by atoms with Crippen LogP contribution in [0, 0.1) is 0 Å². The van der Waals surface area contributed by atoms with Gasteiger partial charge in [-0.3, -0.25) is 4.79 Å². The highest BCUT2D eigenvalue weighted by molar-refractivity contribution is 7.99.